The molecule has 0 aliphatic carbocycles. The fourth-order valence-corrected chi connectivity index (χ4v) is 4.38. The Labute approximate surface area is 158 Å². The van der Waals surface area contributed by atoms with Crippen LogP contribution in [-0.2, 0) is 19.5 Å². The lowest BCUT2D eigenvalue weighted by molar-refractivity contribution is 0.175. The number of aromatic nitrogens is 1. The number of nitrogens with zero attached hydrogens (tertiary/aromatic N) is 3. The van der Waals surface area contributed by atoms with Crippen LogP contribution in [0.25, 0.3) is 0 Å². The smallest absolute Gasteiger partial charge is 0.0543 e. The molecule has 2 aliphatic rings. The van der Waals surface area contributed by atoms with Crippen molar-refractivity contribution < 1.29 is 0 Å². The highest BCUT2D eigenvalue weighted by Gasteiger charge is 2.20. The van der Waals surface area contributed by atoms with Gasteiger partial charge in [0.25, 0.3) is 0 Å². The van der Waals surface area contributed by atoms with Gasteiger partial charge in [-0.25, -0.2) is 0 Å². The van der Waals surface area contributed by atoms with Crippen LogP contribution in [0.3, 0.4) is 0 Å². The van der Waals surface area contributed by atoms with E-state index < -0.39 is 0 Å². The number of piperidine rings is 1. The molecule has 3 nitrogen and oxygen atoms in total. The van der Waals surface area contributed by atoms with Crippen LogP contribution in [0.4, 0.5) is 0 Å². The van der Waals surface area contributed by atoms with Crippen molar-refractivity contribution in [2.45, 2.75) is 45.2 Å². The highest BCUT2D eigenvalue weighted by atomic mass is 15.1. The lowest BCUT2D eigenvalue weighted by Crippen LogP contribution is -2.34. The summed E-state index contributed by atoms with van der Waals surface area (Å²) in [5.41, 5.74) is 4.18. The molecule has 1 aromatic heterocycles. The predicted octanol–water partition coefficient (Wildman–Crippen LogP) is 4.13. The van der Waals surface area contributed by atoms with Gasteiger partial charge in [0, 0.05) is 19.3 Å². The van der Waals surface area contributed by atoms with E-state index in [4.69, 9.17) is 0 Å². The van der Waals surface area contributed by atoms with Crippen LogP contribution in [0.5, 0.6) is 0 Å². The van der Waals surface area contributed by atoms with Crippen LogP contribution in [0.15, 0.2) is 48.7 Å². The number of rotatable bonds is 6. The van der Waals surface area contributed by atoms with E-state index >= 15 is 0 Å². The van der Waals surface area contributed by atoms with Gasteiger partial charge in [0.1, 0.15) is 0 Å². The van der Waals surface area contributed by atoms with Gasteiger partial charge in [0.05, 0.1) is 5.69 Å². The summed E-state index contributed by atoms with van der Waals surface area (Å²) in [5.74, 6) is 0.833. The molecule has 26 heavy (non-hydrogen) atoms. The zero-order chi connectivity index (χ0) is 17.6. The third-order valence-electron chi connectivity index (χ3n) is 5.97. The molecule has 1 aromatic carbocycles. The molecule has 0 amide bonds. The molecule has 2 saturated heterocycles. The van der Waals surface area contributed by atoms with Gasteiger partial charge in [0.15, 0.2) is 0 Å². The van der Waals surface area contributed by atoms with Crippen molar-refractivity contribution in [1.82, 2.24) is 14.8 Å². The quantitative estimate of drug-likeness (QED) is 0.781. The molecule has 2 fully saturated rings. The van der Waals surface area contributed by atoms with E-state index in [9.17, 15) is 0 Å². The summed E-state index contributed by atoms with van der Waals surface area (Å²) in [7, 11) is 0. The molecule has 0 radical (unpaired) electrons. The minimum absolute atomic E-state index is 0.833. The summed E-state index contributed by atoms with van der Waals surface area (Å²) in [4.78, 5) is 9.59. The Hall–Kier alpha value is -1.71. The molecular weight excluding hydrogens is 318 g/mol. The first-order valence-corrected chi connectivity index (χ1v) is 10.3. The van der Waals surface area contributed by atoms with Gasteiger partial charge < -0.3 is 0 Å². The van der Waals surface area contributed by atoms with Crippen LogP contribution in [0.2, 0.25) is 0 Å². The Balaban J connectivity index is 1.22. The summed E-state index contributed by atoms with van der Waals surface area (Å²) in [6.07, 6.45) is 8.50. The number of hydrogen-bond donors (Lipinski definition) is 0. The molecule has 0 unspecified atom stereocenters. The van der Waals surface area contributed by atoms with Gasteiger partial charge in [-0.05, 0) is 87.5 Å². The van der Waals surface area contributed by atoms with Gasteiger partial charge in [-0.3, -0.25) is 14.8 Å². The van der Waals surface area contributed by atoms with Crippen LogP contribution in [0.1, 0.15) is 42.5 Å². The van der Waals surface area contributed by atoms with E-state index in [-0.39, 0.29) is 0 Å². The SMILES string of the molecule is c1ccc(CN2CCC(Cc3ccc(CN4CCCC4)cc3)CC2)nc1. The summed E-state index contributed by atoms with van der Waals surface area (Å²) in [5, 5.41) is 0. The van der Waals surface area contributed by atoms with Crippen molar-refractivity contribution in [3.63, 3.8) is 0 Å². The Morgan fingerprint density at radius 2 is 1.46 bits per heavy atom. The topological polar surface area (TPSA) is 19.4 Å². The monoisotopic (exact) mass is 349 g/mol. The molecule has 3 heterocycles. The minimum Gasteiger partial charge on any atom is -0.299 e. The maximum Gasteiger partial charge on any atom is 0.0543 e. The molecule has 4 rings (SSSR count). The minimum atomic E-state index is 0.833. The Kier molecular flexibility index (Phi) is 5.98. The summed E-state index contributed by atoms with van der Waals surface area (Å²) in [6.45, 7) is 7.09. The van der Waals surface area contributed by atoms with Gasteiger partial charge in [-0.2, -0.15) is 0 Å². The van der Waals surface area contributed by atoms with Crippen LogP contribution in [-0.4, -0.2) is 41.0 Å². The van der Waals surface area contributed by atoms with Crippen LogP contribution >= 0.6 is 0 Å². The largest absolute Gasteiger partial charge is 0.299 e. The molecular formula is C23H31N3. The summed E-state index contributed by atoms with van der Waals surface area (Å²) >= 11 is 0. The lowest BCUT2D eigenvalue weighted by atomic mass is 9.90. The first-order valence-electron chi connectivity index (χ1n) is 10.3. The van der Waals surface area contributed by atoms with E-state index in [1.165, 1.54) is 75.1 Å². The van der Waals surface area contributed by atoms with E-state index in [2.05, 4.69) is 51.2 Å². The average Bonchev–Trinajstić information content (AvgIpc) is 3.19. The van der Waals surface area contributed by atoms with Crippen molar-refractivity contribution in [1.29, 1.82) is 0 Å². The third-order valence-corrected chi connectivity index (χ3v) is 5.97. The standard InChI is InChI=1S/C23H31N3/c1-2-12-24-23(5-1)19-26-15-10-21(11-16-26)17-20-6-8-22(9-7-20)18-25-13-3-4-14-25/h1-2,5-9,12,21H,3-4,10-11,13-19H2. The normalized spacial score (nSPS) is 19.8. The van der Waals surface area contributed by atoms with Crippen molar-refractivity contribution in [3.05, 3.63) is 65.5 Å². The molecule has 3 heteroatoms. The highest BCUT2D eigenvalue weighted by Crippen LogP contribution is 2.23. The molecule has 138 valence electrons. The van der Waals surface area contributed by atoms with E-state index in [1.807, 2.05) is 12.3 Å². The molecule has 0 N–H and O–H groups in total. The zero-order valence-corrected chi connectivity index (χ0v) is 15.8. The summed E-state index contributed by atoms with van der Waals surface area (Å²) in [6, 6.07) is 15.6. The fourth-order valence-electron chi connectivity index (χ4n) is 4.38. The zero-order valence-electron chi connectivity index (χ0n) is 15.8. The van der Waals surface area contributed by atoms with E-state index in [1.54, 1.807) is 0 Å². The highest BCUT2D eigenvalue weighted by molar-refractivity contribution is 5.23. The molecule has 0 saturated carbocycles. The second-order valence-corrected chi connectivity index (χ2v) is 8.04. The second-order valence-electron chi connectivity index (χ2n) is 8.04. The predicted molar refractivity (Wildman–Crippen MR) is 107 cm³/mol. The maximum atomic E-state index is 4.46. The molecule has 2 aromatic rings. The first kappa shape index (κ1) is 17.7. The second kappa shape index (κ2) is 8.79. The van der Waals surface area contributed by atoms with E-state index in [0.717, 1.165) is 19.0 Å². The molecule has 0 bridgehead atoms. The summed E-state index contributed by atoms with van der Waals surface area (Å²) < 4.78 is 0. The maximum absolute atomic E-state index is 4.46. The van der Waals surface area contributed by atoms with Crippen molar-refractivity contribution >= 4 is 0 Å². The van der Waals surface area contributed by atoms with Crippen LogP contribution in [0, 0.1) is 5.92 Å². The Bertz CT molecular complexity index is 654. The van der Waals surface area contributed by atoms with Gasteiger partial charge >= 0.3 is 0 Å². The van der Waals surface area contributed by atoms with Crippen molar-refractivity contribution in [3.8, 4) is 0 Å². The molecule has 0 spiro atoms. The first-order chi connectivity index (χ1) is 12.8. The van der Waals surface area contributed by atoms with Gasteiger partial charge in [-0.1, -0.05) is 30.3 Å². The van der Waals surface area contributed by atoms with E-state index in [0.29, 0.717) is 0 Å². The fraction of sp³-hybridized carbons (Fsp3) is 0.522. The number of hydrogen-bond acceptors (Lipinski definition) is 3. The van der Waals surface area contributed by atoms with Gasteiger partial charge in [-0.15, -0.1) is 0 Å². The molecule has 0 atom stereocenters. The third kappa shape index (κ3) is 4.93. The van der Waals surface area contributed by atoms with Crippen molar-refractivity contribution in [2.75, 3.05) is 26.2 Å². The number of pyridine rings is 1. The van der Waals surface area contributed by atoms with Gasteiger partial charge in [0.2, 0.25) is 0 Å². The van der Waals surface area contributed by atoms with Crippen LogP contribution < -0.4 is 0 Å². The Morgan fingerprint density at radius 1 is 0.769 bits per heavy atom. The Morgan fingerprint density at radius 3 is 2.15 bits per heavy atom. The lowest BCUT2D eigenvalue weighted by Gasteiger charge is -2.31. The number of likely N-dealkylation sites (tertiary alicyclic amines) is 2. The average molecular weight is 350 g/mol. The van der Waals surface area contributed by atoms with Crippen molar-refractivity contribution in [2.24, 2.45) is 5.92 Å². The molecule has 2 aliphatic heterocycles. The number of benzene rings is 1.